The molecule has 0 spiro atoms. The number of benzene rings is 1. The first-order chi connectivity index (χ1) is 12.3. The summed E-state index contributed by atoms with van der Waals surface area (Å²) in [5, 5.41) is 2.52. The van der Waals surface area contributed by atoms with Gasteiger partial charge in [-0.2, -0.15) is 0 Å². The molecule has 1 N–H and O–H groups in total. The Morgan fingerprint density at radius 1 is 1.23 bits per heavy atom. The van der Waals surface area contributed by atoms with E-state index < -0.39 is 40.3 Å². The summed E-state index contributed by atoms with van der Waals surface area (Å²) in [6.07, 6.45) is 2.99. The third kappa shape index (κ3) is 5.99. The van der Waals surface area contributed by atoms with Gasteiger partial charge in [-0.25, -0.2) is 18.0 Å². The van der Waals surface area contributed by atoms with Gasteiger partial charge in [-0.15, -0.1) is 0 Å². The Hall–Kier alpha value is -2.68. The zero-order valence-electron chi connectivity index (χ0n) is 14.1. The van der Waals surface area contributed by atoms with Gasteiger partial charge in [0.1, 0.15) is 0 Å². The van der Waals surface area contributed by atoms with Crippen molar-refractivity contribution in [1.29, 1.82) is 0 Å². The quantitative estimate of drug-likeness (QED) is 0.558. The summed E-state index contributed by atoms with van der Waals surface area (Å²) < 4.78 is 32.0. The Balaban J connectivity index is 1.76. The van der Waals surface area contributed by atoms with Gasteiger partial charge in [-0.05, 0) is 30.2 Å². The summed E-state index contributed by atoms with van der Waals surface area (Å²) >= 11 is 0. The molecule has 0 radical (unpaired) electrons. The van der Waals surface area contributed by atoms with Gasteiger partial charge in [-0.1, -0.05) is 12.1 Å². The third-order valence-electron chi connectivity index (χ3n) is 3.69. The number of esters is 2. The second-order valence-electron chi connectivity index (χ2n) is 5.72. The number of nitrogens with one attached hydrogen (secondary N) is 1. The summed E-state index contributed by atoms with van der Waals surface area (Å²) in [5.41, 5.74) is 1.05. The van der Waals surface area contributed by atoms with Crippen LogP contribution < -0.4 is 5.32 Å². The molecule has 0 bridgehead atoms. The van der Waals surface area contributed by atoms with E-state index in [-0.39, 0.29) is 11.5 Å². The standard InChI is InChI=1S/C17H19NO7S/c1-24-17(21)13-5-2-12(3-6-13)4-7-16(20)25-10-15(19)18-14-8-9-26(22,23)11-14/h2-7,14H,8-11H2,1H3,(H,18,19)/b7-4+. The largest absolute Gasteiger partial charge is 0.465 e. The highest BCUT2D eigenvalue weighted by atomic mass is 32.2. The first-order valence-corrected chi connectivity index (χ1v) is 9.64. The molecule has 1 heterocycles. The summed E-state index contributed by atoms with van der Waals surface area (Å²) in [7, 11) is -1.80. The van der Waals surface area contributed by atoms with E-state index in [0.29, 0.717) is 17.5 Å². The molecular formula is C17H19NO7S. The lowest BCUT2D eigenvalue weighted by atomic mass is 10.1. The second kappa shape index (κ2) is 8.61. The molecule has 1 aliphatic rings. The van der Waals surface area contributed by atoms with E-state index in [1.54, 1.807) is 24.3 Å². The van der Waals surface area contributed by atoms with Crippen LogP contribution in [0.15, 0.2) is 30.3 Å². The van der Waals surface area contributed by atoms with Gasteiger partial charge in [-0.3, -0.25) is 4.79 Å². The van der Waals surface area contributed by atoms with Crippen LogP contribution in [-0.2, 0) is 28.9 Å². The fraction of sp³-hybridized carbons (Fsp3) is 0.353. The number of methoxy groups -OCH3 is 1. The lowest BCUT2D eigenvalue weighted by Gasteiger charge is -2.10. The molecule has 1 saturated heterocycles. The molecule has 0 saturated carbocycles. The van der Waals surface area contributed by atoms with Gasteiger partial charge in [0.15, 0.2) is 16.4 Å². The highest BCUT2D eigenvalue weighted by molar-refractivity contribution is 7.91. The highest BCUT2D eigenvalue weighted by Gasteiger charge is 2.28. The topological polar surface area (TPSA) is 116 Å². The second-order valence-corrected chi connectivity index (χ2v) is 7.95. The van der Waals surface area contributed by atoms with Gasteiger partial charge in [0.2, 0.25) is 0 Å². The average Bonchev–Trinajstić information content (AvgIpc) is 2.96. The van der Waals surface area contributed by atoms with Gasteiger partial charge < -0.3 is 14.8 Å². The smallest absolute Gasteiger partial charge is 0.337 e. The van der Waals surface area contributed by atoms with Gasteiger partial charge in [0, 0.05) is 12.1 Å². The van der Waals surface area contributed by atoms with Crippen molar-refractivity contribution in [3.05, 3.63) is 41.5 Å². The lowest BCUT2D eigenvalue weighted by Crippen LogP contribution is -2.38. The molecule has 140 valence electrons. The van der Waals surface area contributed by atoms with Crippen molar-refractivity contribution in [2.24, 2.45) is 0 Å². The monoisotopic (exact) mass is 381 g/mol. The molecule has 0 aliphatic carbocycles. The number of hydrogen-bond acceptors (Lipinski definition) is 7. The van der Waals surface area contributed by atoms with Crippen molar-refractivity contribution in [2.45, 2.75) is 12.5 Å². The molecule has 1 aliphatic heterocycles. The van der Waals surface area contributed by atoms with E-state index in [2.05, 4.69) is 10.1 Å². The van der Waals surface area contributed by atoms with Crippen LogP contribution in [0.25, 0.3) is 6.08 Å². The van der Waals surface area contributed by atoms with E-state index in [1.807, 2.05) is 0 Å². The molecular weight excluding hydrogens is 362 g/mol. The lowest BCUT2D eigenvalue weighted by molar-refractivity contribution is -0.143. The van der Waals surface area contributed by atoms with Crippen molar-refractivity contribution >= 4 is 33.8 Å². The van der Waals surface area contributed by atoms with Crippen LogP contribution in [0.2, 0.25) is 0 Å². The third-order valence-corrected chi connectivity index (χ3v) is 5.45. The van der Waals surface area contributed by atoms with E-state index in [0.717, 1.165) is 6.08 Å². The molecule has 1 atom stereocenters. The van der Waals surface area contributed by atoms with Gasteiger partial charge in [0.25, 0.3) is 5.91 Å². The number of hydrogen-bond donors (Lipinski definition) is 1. The van der Waals surface area contributed by atoms with Crippen molar-refractivity contribution < 1.29 is 32.3 Å². The number of ether oxygens (including phenoxy) is 2. The Labute approximate surface area is 151 Å². The number of carbonyl (C=O) groups is 3. The summed E-state index contributed by atoms with van der Waals surface area (Å²) in [6, 6.07) is 5.93. The minimum atomic E-state index is -3.08. The van der Waals surface area contributed by atoms with Crippen LogP contribution in [-0.4, -0.2) is 57.5 Å². The molecule has 1 aromatic rings. The molecule has 1 fully saturated rings. The first kappa shape index (κ1) is 19.6. The summed E-state index contributed by atoms with van der Waals surface area (Å²) in [5.74, 6) is -1.75. The number of amides is 1. The fourth-order valence-electron chi connectivity index (χ4n) is 2.38. The van der Waals surface area contributed by atoms with E-state index in [4.69, 9.17) is 4.74 Å². The maximum absolute atomic E-state index is 11.7. The van der Waals surface area contributed by atoms with E-state index in [9.17, 15) is 22.8 Å². The SMILES string of the molecule is COC(=O)c1ccc(/C=C/C(=O)OCC(=O)NC2CCS(=O)(=O)C2)cc1. The zero-order valence-corrected chi connectivity index (χ0v) is 15.0. The molecule has 26 heavy (non-hydrogen) atoms. The predicted octanol–water partition coefficient (Wildman–Crippen LogP) is 0.333. The van der Waals surface area contributed by atoms with Crippen LogP contribution >= 0.6 is 0 Å². The van der Waals surface area contributed by atoms with Crippen LogP contribution in [0, 0.1) is 0 Å². The van der Waals surface area contributed by atoms with Crippen molar-refractivity contribution in [1.82, 2.24) is 5.32 Å². The van der Waals surface area contributed by atoms with Gasteiger partial charge >= 0.3 is 11.9 Å². The number of rotatable bonds is 6. The molecule has 0 aromatic heterocycles. The van der Waals surface area contributed by atoms with Crippen LogP contribution in [0.4, 0.5) is 0 Å². The molecule has 2 rings (SSSR count). The minimum absolute atomic E-state index is 0.0508. The van der Waals surface area contributed by atoms with Crippen LogP contribution in [0.1, 0.15) is 22.3 Å². The van der Waals surface area contributed by atoms with E-state index >= 15 is 0 Å². The normalized spacial score (nSPS) is 18.4. The van der Waals surface area contributed by atoms with Gasteiger partial charge in [0.05, 0.1) is 24.2 Å². The zero-order chi connectivity index (χ0) is 19.2. The number of carbonyl (C=O) groups excluding carboxylic acids is 3. The van der Waals surface area contributed by atoms with E-state index in [1.165, 1.54) is 13.2 Å². The molecule has 1 aromatic carbocycles. The Kier molecular flexibility index (Phi) is 6.51. The Bertz CT molecular complexity index is 812. The average molecular weight is 381 g/mol. The maximum Gasteiger partial charge on any atom is 0.337 e. The molecule has 1 unspecified atom stereocenters. The molecule has 1 amide bonds. The summed E-state index contributed by atoms with van der Waals surface area (Å²) in [4.78, 5) is 34.6. The van der Waals surface area contributed by atoms with Crippen molar-refractivity contribution in [2.75, 3.05) is 25.2 Å². The molecule has 8 nitrogen and oxygen atoms in total. The van der Waals surface area contributed by atoms with Crippen LogP contribution in [0.3, 0.4) is 0 Å². The maximum atomic E-state index is 11.7. The first-order valence-electron chi connectivity index (χ1n) is 7.82. The number of sulfone groups is 1. The Morgan fingerprint density at radius 2 is 1.92 bits per heavy atom. The fourth-order valence-corrected chi connectivity index (χ4v) is 4.05. The Morgan fingerprint density at radius 3 is 2.50 bits per heavy atom. The molecule has 9 heteroatoms. The predicted molar refractivity (Wildman–Crippen MR) is 93.0 cm³/mol. The van der Waals surface area contributed by atoms with Crippen molar-refractivity contribution in [3.8, 4) is 0 Å². The minimum Gasteiger partial charge on any atom is -0.465 e. The summed E-state index contributed by atoms with van der Waals surface area (Å²) in [6.45, 7) is -0.485. The van der Waals surface area contributed by atoms with Crippen LogP contribution in [0.5, 0.6) is 0 Å². The van der Waals surface area contributed by atoms with Crippen molar-refractivity contribution in [3.63, 3.8) is 0 Å². The highest BCUT2D eigenvalue weighted by Crippen LogP contribution is 2.11.